The second kappa shape index (κ2) is 8.20. The predicted molar refractivity (Wildman–Crippen MR) is 106 cm³/mol. The lowest BCUT2D eigenvalue weighted by Crippen LogP contribution is -2.40. The van der Waals surface area contributed by atoms with Crippen molar-refractivity contribution in [2.45, 2.75) is 31.7 Å². The molecule has 0 unspecified atom stereocenters. The standard InChI is InChI=1S/C20H24N2O5S/c1-14(2)21-28(24,25)16-8-9-18(15(3)12-16)27-13-20(23)22-10-11-26-19-7-5-4-6-17(19)22/h4-9,12,14,21H,10-11,13H2,1-3H3. The van der Waals surface area contributed by atoms with E-state index in [0.29, 0.717) is 30.2 Å². The van der Waals surface area contributed by atoms with Crippen LogP contribution in [0.5, 0.6) is 11.5 Å². The summed E-state index contributed by atoms with van der Waals surface area (Å²) < 4.78 is 38.3. The number of anilines is 1. The molecule has 3 rings (SSSR count). The normalized spacial score (nSPS) is 13.8. The lowest BCUT2D eigenvalue weighted by atomic mass is 10.2. The Morgan fingerprint density at radius 3 is 2.71 bits per heavy atom. The summed E-state index contributed by atoms with van der Waals surface area (Å²) in [4.78, 5) is 14.4. The molecule has 0 fully saturated rings. The van der Waals surface area contributed by atoms with Gasteiger partial charge in [0.15, 0.2) is 6.61 Å². The van der Waals surface area contributed by atoms with E-state index in [2.05, 4.69) is 4.72 Å². The molecule has 0 atom stereocenters. The molecule has 28 heavy (non-hydrogen) atoms. The fraction of sp³-hybridized carbons (Fsp3) is 0.350. The number of para-hydroxylation sites is 2. The number of carbonyl (C=O) groups is 1. The highest BCUT2D eigenvalue weighted by atomic mass is 32.2. The van der Waals surface area contributed by atoms with Gasteiger partial charge in [0, 0.05) is 6.04 Å². The van der Waals surface area contributed by atoms with Crippen molar-refractivity contribution in [2.24, 2.45) is 0 Å². The molecule has 8 heteroatoms. The topological polar surface area (TPSA) is 84.9 Å². The van der Waals surface area contributed by atoms with E-state index in [1.807, 2.05) is 24.3 Å². The van der Waals surface area contributed by atoms with Gasteiger partial charge in [0.2, 0.25) is 10.0 Å². The number of amides is 1. The minimum atomic E-state index is -3.58. The minimum Gasteiger partial charge on any atom is -0.490 e. The van der Waals surface area contributed by atoms with Crippen molar-refractivity contribution in [3.8, 4) is 11.5 Å². The minimum absolute atomic E-state index is 0.147. The molecule has 0 spiro atoms. The van der Waals surface area contributed by atoms with Gasteiger partial charge >= 0.3 is 0 Å². The fourth-order valence-electron chi connectivity index (χ4n) is 2.98. The summed E-state index contributed by atoms with van der Waals surface area (Å²) in [5.74, 6) is 0.956. The molecule has 1 aliphatic heterocycles. The van der Waals surface area contributed by atoms with E-state index in [9.17, 15) is 13.2 Å². The van der Waals surface area contributed by atoms with E-state index in [4.69, 9.17) is 9.47 Å². The van der Waals surface area contributed by atoms with Crippen LogP contribution in [0.15, 0.2) is 47.4 Å². The van der Waals surface area contributed by atoms with E-state index < -0.39 is 10.0 Å². The second-order valence-corrected chi connectivity index (χ2v) is 8.57. The lowest BCUT2D eigenvalue weighted by Gasteiger charge is -2.29. The third kappa shape index (κ3) is 4.45. The monoisotopic (exact) mass is 404 g/mol. The smallest absolute Gasteiger partial charge is 0.265 e. The van der Waals surface area contributed by atoms with Crippen LogP contribution in [-0.4, -0.2) is 40.1 Å². The van der Waals surface area contributed by atoms with E-state index in [1.54, 1.807) is 31.7 Å². The summed E-state index contributed by atoms with van der Waals surface area (Å²) in [6.07, 6.45) is 0. The van der Waals surface area contributed by atoms with Crippen LogP contribution in [0.2, 0.25) is 0 Å². The van der Waals surface area contributed by atoms with Gasteiger partial charge in [-0.15, -0.1) is 0 Å². The molecule has 0 saturated carbocycles. The predicted octanol–water partition coefficient (Wildman–Crippen LogP) is 2.49. The molecule has 0 radical (unpaired) electrons. The van der Waals surface area contributed by atoms with E-state index in [1.165, 1.54) is 12.1 Å². The van der Waals surface area contributed by atoms with Crippen molar-refractivity contribution in [1.82, 2.24) is 4.72 Å². The van der Waals surface area contributed by atoms with Crippen molar-refractivity contribution in [1.29, 1.82) is 0 Å². The molecule has 7 nitrogen and oxygen atoms in total. The van der Waals surface area contributed by atoms with Gasteiger partial charge in [-0.05, 0) is 56.7 Å². The summed E-state index contributed by atoms with van der Waals surface area (Å²) >= 11 is 0. The molecule has 0 bridgehead atoms. The van der Waals surface area contributed by atoms with Gasteiger partial charge < -0.3 is 14.4 Å². The maximum absolute atomic E-state index is 12.6. The number of nitrogens with one attached hydrogen (secondary N) is 1. The maximum Gasteiger partial charge on any atom is 0.265 e. The first kappa shape index (κ1) is 20.2. The van der Waals surface area contributed by atoms with Crippen LogP contribution < -0.4 is 19.1 Å². The zero-order valence-electron chi connectivity index (χ0n) is 16.1. The van der Waals surface area contributed by atoms with Crippen molar-refractivity contribution in [3.63, 3.8) is 0 Å². The Morgan fingerprint density at radius 1 is 1.25 bits per heavy atom. The number of nitrogens with zero attached hydrogens (tertiary/aromatic N) is 1. The summed E-state index contributed by atoms with van der Waals surface area (Å²) in [5, 5.41) is 0. The molecule has 2 aromatic carbocycles. The van der Waals surface area contributed by atoms with Crippen LogP contribution in [0.4, 0.5) is 5.69 Å². The van der Waals surface area contributed by atoms with Crippen molar-refractivity contribution in [2.75, 3.05) is 24.7 Å². The summed E-state index contributed by atoms with van der Waals surface area (Å²) in [5.41, 5.74) is 1.36. The molecule has 1 aliphatic rings. The number of ether oxygens (including phenoxy) is 2. The molecule has 1 amide bonds. The van der Waals surface area contributed by atoms with Gasteiger partial charge in [-0.1, -0.05) is 12.1 Å². The highest BCUT2D eigenvalue weighted by molar-refractivity contribution is 7.89. The van der Waals surface area contributed by atoms with Crippen LogP contribution in [0.1, 0.15) is 19.4 Å². The molecular formula is C20H24N2O5S. The van der Waals surface area contributed by atoms with Crippen LogP contribution in [-0.2, 0) is 14.8 Å². The SMILES string of the molecule is Cc1cc(S(=O)(=O)NC(C)C)ccc1OCC(=O)N1CCOc2ccccc21. The van der Waals surface area contributed by atoms with Gasteiger partial charge in [-0.2, -0.15) is 0 Å². The van der Waals surface area contributed by atoms with E-state index >= 15 is 0 Å². The summed E-state index contributed by atoms with van der Waals surface area (Å²) in [6, 6.07) is 11.7. The number of hydrogen-bond acceptors (Lipinski definition) is 5. The van der Waals surface area contributed by atoms with Crippen LogP contribution >= 0.6 is 0 Å². The largest absolute Gasteiger partial charge is 0.490 e. The molecule has 0 aliphatic carbocycles. The Bertz CT molecular complexity index is 972. The number of sulfonamides is 1. The average molecular weight is 404 g/mol. The third-order valence-corrected chi connectivity index (χ3v) is 5.88. The maximum atomic E-state index is 12.6. The number of aryl methyl sites for hydroxylation is 1. The highest BCUT2D eigenvalue weighted by Gasteiger charge is 2.24. The van der Waals surface area contributed by atoms with Crippen LogP contribution in [0, 0.1) is 6.92 Å². The summed E-state index contributed by atoms with van der Waals surface area (Å²) in [6.45, 7) is 6.01. The van der Waals surface area contributed by atoms with Crippen molar-refractivity contribution >= 4 is 21.6 Å². The van der Waals surface area contributed by atoms with E-state index in [0.717, 1.165) is 5.69 Å². The van der Waals surface area contributed by atoms with Crippen LogP contribution in [0.25, 0.3) is 0 Å². The first-order valence-electron chi connectivity index (χ1n) is 9.06. The molecule has 2 aromatic rings. The average Bonchev–Trinajstić information content (AvgIpc) is 2.65. The number of hydrogen-bond donors (Lipinski definition) is 1. The quantitative estimate of drug-likeness (QED) is 0.800. The molecule has 0 saturated heterocycles. The number of benzene rings is 2. The Balaban J connectivity index is 1.69. The first-order chi connectivity index (χ1) is 13.3. The zero-order valence-corrected chi connectivity index (χ0v) is 17.0. The Labute approximate surface area is 165 Å². The van der Waals surface area contributed by atoms with Gasteiger partial charge in [0.05, 0.1) is 17.1 Å². The van der Waals surface area contributed by atoms with Crippen molar-refractivity contribution in [3.05, 3.63) is 48.0 Å². The van der Waals surface area contributed by atoms with Crippen molar-refractivity contribution < 1.29 is 22.7 Å². The van der Waals surface area contributed by atoms with Gasteiger partial charge in [-0.25, -0.2) is 13.1 Å². The fourth-order valence-corrected chi connectivity index (χ4v) is 4.31. The Morgan fingerprint density at radius 2 is 2.00 bits per heavy atom. The molecule has 150 valence electrons. The molecular weight excluding hydrogens is 380 g/mol. The molecule has 1 heterocycles. The zero-order chi connectivity index (χ0) is 20.3. The highest BCUT2D eigenvalue weighted by Crippen LogP contribution is 2.31. The Hall–Kier alpha value is -2.58. The van der Waals surface area contributed by atoms with Gasteiger partial charge in [-0.3, -0.25) is 4.79 Å². The second-order valence-electron chi connectivity index (χ2n) is 6.85. The van der Waals surface area contributed by atoms with Gasteiger partial charge in [0.1, 0.15) is 18.1 Å². The summed E-state index contributed by atoms with van der Waals surface area (Å²) in [7, 11) is -3.58. The Kier molecular flexibility index (Phi) is 5.90. The van der Waals surface area contributed by atoms with E-state index in [-0.39, 0.29) is 23.5 Å². The van der Waals surface area contributed by atoms with Gasteiger partial charge in [0.25, 0.3) is 5.91 Å². The first-order valence-corrected chi connectivity index (χ1v) is 10.5. The lowest BCUT2D eigenvalue weighted by molar-refractivity contribution is -0.120. The third-order valence-electron chi connectivity index (χ3n) is 4.23. The van der Waals surface area contributed by atoms with Crippen LogP contribution in [0.3, 0.4) is 0 Å². The number of rotatable bonds is 6. The molecule has 0 aromatic heterocycles. The number of fused-ring (bicyclic) bond motifs is 1. The number of carbonyl (C=O) groups excluding carboxylic acids is 1. The molecule has 1 N–H and O–H groups in total.